The fraction of sp³-hybridized carbons (Fsp3) is 0. The molecule has 0 radical (unpaired) electrons. The molecule has 0 aromatic rings. The zero-order valence-corrected chi connectivity index (χ0v) is 8.65. The van der Waals surface area contributed by atoms with Crippen LogP contribution in [0, 0.1) is 45.0 Å². The van der Waals surface area contributed by atoms with Gasteiger partial charge in [0, 0.05) is 0 Å². The van der Waals surface area contributed by atoms with Crippen LogP contribution in [0.5, 0.6) is 0 Å². The van der Waals surface area contributed by atoms with Gasteiger partial charge in [0.25, 0.3) is 0 Å². The average molecular weight is 302 g/mol. The Bertz CT molecular complexity index is 42.8. The summed E-state index contributed by atoms with van der Waals surface area (Å²) in [5.74, 6) is 0. The summed E-state index contributed by atoms with van der Waals surface area (Å²) in [4.78, 5) is 11.0. The molecule has 0 rings (SSSR count). The zero-order valence-electron chi connectivity index (χ0n) is 2.84. The molecule has 0 atom stereocenters. The molecule has 0 bridgehead atoms. The van der Waals surface area contributed by atoms with Crippen LogP contribution in [0.4, 0.5) is 4.79 Å². The summed E-state index contributed by atoms with van der Waals surface area (Å²) in [6, 6.07) is 0. The predicted molar refractivity (Wildman–Crippen MR) is 6.48 cm³/mol. The molecule has 0 saturated heterocycles. The van der Waals surface area contributed by atoms with E-state index in [2.05, 4.69) is 4.89 Å². The summed E-state index contributed by atoms with van der Waals surface area (Å²) in [6.45, 7) is 0. The summed E-state index contributed by atoms with van der Waals surface area (Å²) in [7, 11) is 0. The van der Waals surface area contributed by atoms with Gasteiger partial charge in [-0.15, -0.1) is 0 Å². The van der Waals surface area contributed by atoms with Crippen molar-refractivity contribution < 1.29 is 65.1 Å². The fourth-order valence-electron chi connectivity index (χ4n) is 0. The average Bonchev–Trinajstić information content (AvgIpc) is 1.38. The van der Waals surface area contributed by atoms with E-state index in [-0.39, 0.29) is 45.0 Å². The molecule has 6 heavy (non-hydrogen) atoms. The Morgan fingerprint density at radius 1 is 1.67 bits per heavy atom. The van der Waals surface area contributed by atoms with Crippen LogP contribution in [-0.4, -0.2) is 6.16 Å². The van der Waals surface area contributed by atoms with Crippen molar-refractivity contribution >= 4 is 6.16 Å². The van der Waals surface area contributed by atoms with Crippen molar-refractivity contribution in [2.75, 3.05) is 0 Å². The number of carboxylic acid groups (broad SMARTS) is 1. The van der Waals surface area contributed by atoms with E-state index in [0.29, 0.717) is 0 Å². The molecule has 0 aliphatic heterocycles. The van der Waals surface area contributed by atoms with Crippen molar-refractivity contribution in [2.45, 2.75) is 0 Å². The third kappa shape index (κ3) is 8.83. The quantitative estimate of drug-likeness (QED) is 0.370. The molecule has 0 saturated carbocycles. The monoisotopic (exact) mass is 302 g/mol. The summed E-state index contributed by atoms with van der Waals surface area (Å²) in [5.41, 5.74) is 0. The third-order valence-corrected chi connectivity index (χ3v) is 0.0680. The van der Waals surface area contributed by atoms with E-state index in [1.807, 2.05) is 0 Å². The molecule has 0 aromatic heterocycles. The molecule has 0 N–H and O–H groups in total. The van der Waals surface area contributed by atoms with E-state index in [0.717, 1.165) is 0 Å². The number of rotatable bonds is 0. The molecule has 0 aromatic carbocycles. The van der Waals surface area contributed by atoms with Crippen LogP contribution in [0.25, 0.3) is 0 Å². The summed E-state index contributed by atoms with van der Waals surface area (Å²) in [6.07, 6.45) is -2.05. The van der Waals surface area contributed by atoms with Crippen LogP contribution in [0.15, 0.2) is 0 Å². The number of carbonyl (C=O) groups is 1. The van der Waals surface area contributed by atoms with E-state index in [1.165, 1.54) is 0 Å². The smallest absolute Gasteiger partial charge is 0.755 e. The van der Waals surface area contributed by atoms with Crippen molar-refractivity contribution in [1.29, 1.82) is 0 Å². The van der Waals surface area contributed by atoms with Gasteiger partial charge in [0.2, 0.25) is 6.16 Å². The largest absolute Gasteiger partial charge is 2.00 e. The van der Waals surface area contributed by atoms with E-state index >= 15 is 0 Å². The Hall–Kier alpha value is 0.698. The van der Waals surface area contributed by atoms with Gasteiger partial charge >= 0.3 is 45.0 Å². The summed E-state index contributed by atoms with van der Waals surface area (Å²) in [5, 5.41) is 17.2. The SMILES string of the molecule is O=C([O-])O[O-].[Ra+2]. The van der Waals surface area contributed by atoms with Crippen molar-refractivity contribution in [1.82, 2.24) is 0 Å². The van der Waals surface area contributed by atoms with Gasteiger partial charge in [-0.1, -0.05) is 0 Å². The van der Waals surface area contributed by atoms with E-state index in [4.69, 9.17) is 15.2 Å². The molecule has 0 spiro atoms. The first-order valence-electron chi connectivity index (χ1n) is 0.779. The zero-order chi connectivity index (χ0) is 4.28. The Kier molecular flexibility index (Phi) is 9.36. The van der Waals surface area contributed by atoms with Gasteiger partial charge in [-0.25, -0.2) is 0 Å². The first kappa shape index (κ1) is 9.85. The number of carbonyl (C=O) groups excluding carboxylic acids is 1. The molecule has 5 heteroatoms. The maximum absolute atomic E-state index is 8.72. The molecular weight excluding hydrogens is 302 g/mol. The Balaban J connectivity index is 0. The molecule has 0 fully saturated rings. The van der Waals surface area contributed by atoms with Gasteiger partial charge in [0.15, 0.2) is 0 Å². The second kappa shape index (κ2) is 5.70. The maximum Gasteiger partial charge on any atom is 2.00 e. The van der Waals surface area contributed by atoms with Crippen LogP contribution in [0.2, 0.25) is 0 Å². The van der Waals surface area contributed by atoms with E-state index < -0.39 is 6.16 Å². The Morgan fingerprint density at radius 2 is 1.83 bits per heavy atom. The fourth-order valence-corrected chi connectivity index (χ4v) is 0. The first-order valence-corrected chi connectivity index (χ1v) is 0.779. The topological polar surface area (TPSA) is 72.4 Å². The Morgan fingerprint density at radius 3 is 1.83 bits per heavy atom. The van der Waals surface area contributed by atoms with Gasteiger partial charge in [-0.05, 0) is 0 Å². The van der Waals surface area contributed by atoms with Crippen molar-refractivity contribution in [3.8, 4) is 0 Å². The van der Waals surface area contributed by atoms with Crippen LogP contribution < -0.4 is 10.4 Å². The van der Waals surface area contributed by atoms with Gasteiger partial charge in [0.1, 0.15) is 0 Å². The third-order valence-electron chi connectivity index (χ3n) is 0.0680. The van der Waals surface area contributed by atoms with Crippen molar-refractivity contribution in [3.05, 3.63) is 0 Å². The van der Waals surface area contributed by atoms with E-state index in [9.17, 15) is 0 Å². The van der Waals surface area contributed by atoms with Gasteiger partial charge < -0.3 is 20.0 Å². The normalized spacial score (nSPS) is 5.50. The summed E-state index contributed by atoms with van der Waals surface area (Å²) >= 11 is 0. The molecular formula is CO4Ra. The molecule has 0 aliphatic carbocycles. The molecule has 0 heterocycles. The second-order valence-corrected chi connectivity index (χ2v) is 0.333. The van der Waals surface area contributed by atoms with Crippen LogP contribution >= 0.6 is 0 Å². The summed E-state index contributed by atoms with van der Waals surface area (Å²) < 4.78 is 0. The Labute approximate surface area is 70.5 Å². The van der Waals surface area contributed by atoms with Gasteiger partial charge in [0.05, 0.1) is 0 Å². The number of hydrogen-bond donors (Lipinski definition) is 0. The van der Waals surface area contributed by atoms with Crippen molar-refractivity contribution in [3.63, 3.8) is 0 Å². The van der Waals surface area contributed by atoms with E-state index in [1.54, 1.807) is 0 Å². The molecule has 4 nitrogen and oxygen atoms in total. The van der Waals surface area contributed by atoms with Crippen molar-refractivity contribution in [2.24, 2.45) is 0 Å². The van der Waals surface area contributed by atoms with Crippen LogP contribution in [0.3, 0.4) is 0 Å². The van der Waals surface area contributed by atoms with Crippen LogP contribution in [0.1, 0.15) is 0 Å². The standard InChI is InChI=1S/CH2O4.Ra/c2-1(3)5-4;/h4H,(H,2,3);/q;+2/p-2. The van der Waals surface area contributed by atoms with Crippen LogP contribution in [-0.2, 0) is 4.89 Å². The van der Waals surface area contributed by atoms with Gasteiger partial charge in [-0.3, -0.25) is 0 Å². The minimum Gasteiger partial charge on any atom is -0.755 e. The molecule has 0 amide bonds. The molecule has 30 valence electrons. The number of hydrogen-bond acceptors (Lipinski definition) is 4. The maximum atomic E-state index is 8.72. The predicted octanol–water partition coefficient (Wildman–Crippen LogP) is -2.38. The molecule has 0 aliphatic rings. The first-order chi connectivity index (χ1) is 2.27. The molecule has 0 unspecified atom stereocenters. The van der Waals surface area contributed by atoms with Gasteiger partial charge in [-0.2, -0.15) is 0 Å². The minimum atomic E-state index is -2.05. The minimum absolute atomic E-state index is 0. The second-order valence-electron chi connectivity index (χ2n) is 0.333.